The minimum Gasteiger partial charge on any atom is -0.434 e. The lowest BCUT2D eigenvalue weighted by Gasteiger charge is -2.42. The molecular formula is C27H28F2N4O7. The summed E-state index contributed by atoms with van der Waals surface area (Å²) < 4.78 is 39.0. The second-order valence-electron chi connectivity index (χ2n) is 10.2. The number of carbonyl (C=O) groups excluding carboxylic acids is 3. The van der Waals surface area contributed by atoms with Crippen LogP contribution in [0.15, 0.2) is 34.3 Å². The van der Waals surface area contributed by atoms with Crippen LogP contribution in [0, 0.1) is 11.6 Å². The van der Waals surface area contributed by atoms with E-state index in [4.69, 9.17) is 14.3 Å². The Morgan fingerprint density at radius 3 is 2.73 bits per heavy atom. The zero-order valence-corrected chi connectivity index (χ0v) is 22.2. The Kier molecular flexibility index (Phi) is 7.06. The number of halogens is 2. The van der Waals surface area contributed by atoms with Crippen molar-refractivity contribution in [1.82, 2.24) is 14.8 Å². The van der Waals surface area contributed by atoms with Gasteiger partial charge in [0, 0.05) is 43.4 Å². The quantitative estimate of drug-likeness (QED) is 0.558. The van der Waals surface area contributed by atoms with Crippen molar-refractivity contribution >= 4 is 23.7 Å². The van der Waals surface area contributed by atoms with Gasteiger partial charge in [0.05, 0.1) is 18.4 Å². The molecule has 1 N–H and O–H groups in total. The smallest absolute Gasteiger partial charge is 0.434 e. The van der Waals surface area contributed by atoms with E-state index >= 15 is 0 Å². The molecule has 2 amide bonds. The summed E-state index contributed by atoms with van der Waals surface area (Å²) >= 11 is 0. The first-order valence-corrected chi connectivity index (χ1v) is 12.9. The SMILES string of the molecule is CCOC(=O)Oc1c2n(cc(C(=O)NCc3ccc(F)cc3F)c1=O)[C@@H]1CN(C2=O)[C@@H](C)CC[C@]12CC(C)=NO2. The third-order valence-corrected chi connectivity index (χ3v) is 7.57. The number of oxime groups is 1. The van der Waals surface area contributed by atoms with Crippen LogP contribution in [0.25, 0.3) is 0 Å². The lowest BCUT2D eigenvalue weighted by atomic mass is 9.84. The number of hydrogen-bond donors (Lipinski definition) is 1. The van der Waals surface area contributed by atoms with Crippen LogP contribution in [0.4, 0.5) is 13.6 Å². The van der Waals surface area contributed by atoms with Crippen molar-refractivity contribution in [3.05, 3.63) is 63.1 Å². The first-order chi connectivity index (χ1) is 19.0. The van der Waals surface area contributed by atoms with Crippen LogP contribution in [-0.4, -0.2) is 57.9 Å². The van der Waals surface area contributed by atoms with Crippen LogP contribution in [0.3, 0.4) is 0 Å². The Morgan fingerprint density at radius 1 is 1.27 bits per heavy atom. The van der Waals surface area contributed by atoms with Gasteiger partial charge in [-0.25, -0.2) is 13.6 Å². The first-order valence-electron chi connectivity index (χ1n) is 12.9. The fourth-order valence-electron chi connectivity index (χ4n) is 5.53. The molecule has 3 aliphatic heterocycles. The van der Waals surface area contributed by atoms with Crippen LogP contribution in [-0.2, 0) is 16.1 Å². The minimum absolute atomic E-state index is 0.00897. The van der Waals surface area contributed by atoms with Gasteiger partial charge in [-0.3, -0.25) is 14.4 Å². The highest BCUT2D eigenvalue weighted by atomic mass is 19.1. The molecule has 5 rings (SSSR count). The summed E-state index contributed by atoms with van der Waals surface area (Å²) in [6, 6.07) is 2.09. The maximum atomic E-state index is 14.1. The molecule has 1 saturated heterocycles. The van der Waals surface area contributed by atoms with E-state index in [0.717, 1.165) is 11.8 Å². The zero-order chi connectivity index (χ0) is 28.8. The van der Waals surface area contributed by atoms with Crippen molar-refractivity contribution < 1.29 is 37.5 Å². The van der Waals surface area contributed by atoms with Gasteiger partial charge in [-0.2, -0.15) is 0 Å². The van der Waals surface area contributed by atoms with Crippen LogP contribution in [0.2, 0.25) is 0 Å². The molecule has 3 aliphatic rings. The van der Waals surface area contributed by atoms with E-state index in [2.05, 4.69) is 10.5 Å². The van der Waals surface area contributed by atoms with Crippen LogP contribution < -0.4 is 15.5 Å². The van der Waals surface area contributed by atoms with E-state index in [-0.39, 0.29) is 37.0 Å². The summed E-state index contributed by atoms with van der Waals surface area (Å²) in [6.45, 7) is 5.04. The summed E-state index contributed by atoms with van der Waals surface area (Å²) in [5, 5.41) is 6.61. The average molecular weight is 559 g/mol. The van der Waals surface area contributed by atoms with Gasteiger partial charge in [0.25, 0.3) is 11.8 Å². The second kappa shape index (κ2) is 10.4. The molecule has 1 spiro atoms. The lowest BCUT2D eigenvalue weighted by Crippen LogP contribution is -2.52. The highest BCUT2D eigenvalue weighted by Crippen LogP contribution is 2.46. The number of hydrogen-bond acceptors (Lipinski definition) is 8. The Bertz CT molecular complexity index is 1490. The number of rotatable bonds is 5. The van der Waals surface area contributed by atoms with E-state index in [1.54, 1.807) is 11.8 Å². The second-order valence-corrected chi connectivity index (χ2v) is 10.2. The van der Waals surface area contributed by atoms with Gasteiger partial charge >= 0.3 is 6.16 Å². The molecule has 0 radical (unpaired) electrons. The van der Waals surface area contributed by atoms with Crippen molar-refractivity contribution in [2.24, 2.45) is 5.16 Å². The monoisotopic (exact) mass is 558 g/mol. The minimum atomic E-state index is -1.22. The Hall–Kier alpha value is -4.29. The number of benzene rings is 1. The topological polar surface area (TPSA) is 129 Å². The first kappa shape index (κ1) is 27.3. The molecular weight excluding hydrogens is 530 g/mol. The molecule has 1 fully saturated rings. The largest absolute Gasteiger partial charge is 0.514 e. The van der Waals surface area contributed by atoms with Crippen LogP contribution >= 0.6 is 0 Å². The zero-order valence-electron chi connectivity index (χ0n) is 22.2. The predicted octanol–water partition coefficient (Wildman–Crippen LogP) is 3.31. The summed E-state index contributed by atoms with van der Waals surface area (Å²) in [4.78, 5) is 60.5. The Morgan fingerprint density at radius 2 is 2.05 bits per heavy atom. The van der Waals surface area contributed by atoms with Crippen molar-refractivity contribution in [1.29, 1.82) is 0 Å². The highest BCUT2D eigenvalue weighted by Gasteiger charge is 2.54. The van der Waals surface area contributed by atoms with E-state index in [1.807, 2.05) is 13.8 Å². The van der Waals surface area contributed by atoms with E-state index in [0.29, 0.717) is 25.3 Å². The molecule has 4 heterocycles. The summed E-state index contributed by atoms with van der Waals surface area (Å²) in [5.41, 5.74) is -1.81. The number of pyridine rings is 1. The number of fused-ring (bicyclic) bond motifs is 5. The molecule has 40 heavy (non-hydrogen) atoms. The highest BCUT2D eigenvalue weighted by molar-refractivity contribution is 6.00. The van der Waals surface area contributed by atoms with Crippen molar-refractivity contribution in [2.45, 2.75) is 64.3 Å². The Balaban J connectivity index is 1.62. The van der Waals surface area contributed by atoms with Gasteiger partial charge in [0.15, 0.2) is 11.3 Å². The van der Waals surface area contributed by atoms with Gasteiger partial charge in [-0.1, -0.05) is 11.2 Å². The molecule has 0 aliphatic carbocycles. The van der Waals surface area contributed by atoms with Crippen LogP contribution in [0.5, 0.6) is 5.75 Å². The number of ether oxygens (including phenoxy) is 2. The molecule has 2 aromatic rings. The molecule has 0 saturated carbocycles. The van der Waals surface area contributed by atoms with Crippen LogP contribution in [0.1, 0.15) is 72.5 Å². The fraction of sp³-hybridized carbons (Fsp3) is 0.444. The number of amides is 2. The Labute approximate surface area is 227 Å². The normalized spacial score (nSPS) is 23.2. The molecule has 1 aromatic carbocycles. The third kappa shape index (κ3) is 4.69. The standard InChI is InChI=1S/C27H28F2N4O7/c1-4-38-26(37)39-23-21-25(36)32-13-20(27(8-7-15(32)3)10-14(2)31-40-27)33(21)12-18(22(23)34)24(35)30-11-16-5-6-17(28)9-19(16)29/h5-6,9,12,15,20H,4,7-8,10-11,13H2,1-3H3,(H,30,35)/t15-,20+,27-/m0/s1. The molecule has 13 heteroatoms. The number of aromatic nitrogens is 1. The van der Waals surface area contributed by atoms with E-state index in [9.17, 15) is 28.0 Å². The van der Waals surface area contributed by atoms with Gasteiger partial charge in [0.2, 0.25) is 11.2 Å². The summed E-state index contributed by atoms with van der Waals surface area (Å²) in [5.74, 6) is -3.77. The molecule has 212 valence electrons. The molecule has 0 unspecified atom stereocenters. The number of carbonyl (C=O) groups is 3. The lowest BCUT2D eigenvalue weighted by molar-refractivity contribution is -0.0655. The molecule has 2 bridgehead atoms. The van der Waals surface area contributed by atoms with Crippen molar-refractivity contribution in [2.75, 3.05) is 13.2 Å². The fourth-order valence-corrected chi connectivity index (χ4v) is 5.53. The van der Waals surface area contributed by atoms with Gasteiger partial charge in [0.1, 0.15) is 17.2 Å². The molecule has 1 aromatic heterocycles. The van der Waals surface area contributed by atoms with Crippen molar-refractivity contribution in [3.63, 3.8) is 0 Å². The maximum absolute atomic E-state index is 14.1. The molecule has 11 nitrogen and oxygen atoms in total. The molecule has 3 atom stereocenters. The predicted molar refractivity (Wildman–Crippen MR) is 136 cm³/mol. The van der Waals surface area contributed by atoms with Crippen molar-refractivity contribution in [3.8, 4) is 5.75 Å². The maximum Gasteiger partial charge on any atom is 0.514 e. The van der Waals surface area contributed by atoms with Gasteiger partial charge in [-0.05, 0) is 39.7 Å². The third-order valence-electron chi connectivity index (χ3n) is 7.57. The number of nitrogens with one attached hydrogen (secondary N) is 1. The van der Waals surface area contributed by atoms with Gasteiger partial charge < -0.3 is 29.1 Å². The number of nitrogens with zero attached hydrogens (tertiary/aromatic N) is 3. The summed E-state index contributed by atoms with van der Waals surface area (Å²) in [6.07, 6.45) is 1.60. The van der Waals surface area contributed by atoms with E-state index in [1.165, 1.54) is 16.8 Å². The van der Waals surface area contributed by atoms with E-state index < -0.39 is 58.0 Å². The average Bonchev–Trinajstić information content (AvgIpc) is 3.23. The summed E-state index contributed by atoms with van der Waals surface area (Å²) in [7, 11) is 0. The van der Waals surface area contributed by atoms with Gasteiger partial charge in [-0.15, -0.1) is 0 Å².